The second kappa shape index (κ2) is 7.07. The molecule has 26 heavy (non-hydrogen) atoms. The Labute approximate surface area is 152 Å². The van der Waals surface area contributed by atoms with Crippen molar-refractivity contribution in [1.29, 1.82) is 0 Å². The predicted octanol–water partition coefficient (Wildman–Crippen LogP) is 2.23. The fraction of sp³-hybridized carbons (Fsp3) is 0.526. The number of nitrogens with zero attached hydrogens (tertiary/aromatic N) is 3. The number of rotatable bonds is 5. The van der Waals surface area contributed by atoms with Crippen LogP contribution in [0.15, 0.2) is 22.6 Å². The second-order valence-corrected chi connectivity index (χ2v) is 6.89. The lowest BCUT2D eigenvalue weighted by Crippen LogP contribution is -2.35. The lowest BCUT2D eigenvalue weighted by Gasteiger charge is -2.22. The van der Waals surface area contributed by atoms with Crippen molar-refractivity contribution >= 4 is 5.91 Å². The molecule has 0 spiro atoms. The van der Waals surface area contributed by atoms with Crippen LogP contribution in [0.5, 0.6) is 5.75 Å². The van der Waals surface area contributed by atoms with Gasteiger partial charge in [0.25, 0.3) is 5.91 Å². The smallest absolute Gasteiger partial charge is 0.261 e. The van der Waals surface area contributed by atoms with E-state index in [1.165, 1.54) is 17.5 Å². The highest BCUT2D eigenvalue weighted by atomic mass is 16.5. The van der Waals surface area contributed by atoms with E-state index in [9.17, 15) is 4.79 Å². The average molecular weight is 357 g/mol. The minimum absolute atomic E-state index is 0.0150. The first-order valence-corrected chi connectivity index (χ1v) is 9.01. The zero-order valence-corrected chi connectivity index (χ0v) is 15.1. The highest BCUT2D eigenvalue weighted by molar-refractivity contribution is 5.78. The zero-order chi connectivity index (χ0) is 18.1. The van der Waals surface area contributed by atoms with Crippen LogP contribution < -0.4 is 4.74 Å². The third kappa shape index (κ3) is 3.31. The molecule has 2 atom stereocenters. The largest absolute Gasteiger partial charge is 0.484 e. The van der Waals surface area contributed by atoms with Crippen molar-refractivity contribution in [3.63, 3.8) is 0 Å². The third-order valence-corrected chi connectivity index (χ3v) is 5.18. The molecular formula is C19H23N3O4. The molecule has 1 aliphatic heterocycles. The van der Waals surface area contributed by atoms with E-state index in [1.54, 1.807) is 18.9 Å². The quantitative estimate of drug-likeness (QED) is 0.817. The Morgan fingerprint density at radius 1 is 1.31 bits per heavy atom. The molecule has 2 heterocycles. The number of hydrogen-bond acceptors (Lipinski definition) is 6. The monoisotopic (exact) mass is 357 g/mol. The number of methoxy groups -OCH3 is 1. The molecule has 7 nitrogen and oxygen atoms in total. The molecule has 138 valence electrons. The molecule has 0 unspecified atom stereocenters. The maximum atomic E-state index is 12.8. The van der Waals surface area contributed by atoms with Crippen molar-refractivity contribution in [2.24, 2.45) is 0 Å². The van der Waals surface area contributed by atoms with E-state index < -0.39 is 0 Å². The summed E-state index contributed by atoms with van der Waals surface area (Å²) in [5.41, 5.74) is 2.72. The Bertz CT molecular complexity index is 804. The molecule has 7 heteroatoms. The number of fused-ring (bicyclic) bond motifs is 1. The van der Waals surface area contributed by atoms with Crippen LogP contribution in [0.25, 0.3) is 0 Å². The number of likely N-dealkylation sites (tertiary alicyclic amines) is 1. The van der Waals surface area contributed by atoms with Crippen LogP contribution in [0.4, 0.5) is 0 Å². The summed E-state index contributed by atoms with van der Waals surface area (Å²) in [5.74, 6) is 1.58. The van der Waals surface area contributed by atoms with Crippen LogP contribution in [-0.2, 0) is 22.4 Å². The number of carbonyl (C=O) groups excluding carboxylic acids is 1. The topological polar surface area (TPSA) is 77.7 Å². The number of benzene rings is 1. The Kier molecular flexibility index (Phi) is 4.63. The number of amides is 1. The number of aromatic nitrogens is 2. The number of carbonyl (C=O) groups is 1. The Morgan fingerprint density at radius 3 is 2.92 bits per heavy atom. The van der Waals surface area contributed by atoms with Crippen molar-refractivity contribution in [3.8, 4) is 5.75 Å². The first-order valence-electron chi connectivity index (χ1n) is 9.01. The minimum atomic E-state index is -0.266. The number of hydrogen-bond donors (Lipinski definition) is 0. The molecule has 1 aromatic heterocycles. The summed E-state index contributed by atoms with van der Waals surface area (Å²) in [7, 11) is 1.65. The minimum Gasteiger partial charge on any atom is -0.484 e. The van der Waals surface area contributed by atoms with Crippen molar-refractivity contribution in [3.05, 3.63) is 41.1 Å². The van der Waals surface area contributed by atoms with Crippen molar-refractivity contribution in [2.75, 3.05) is 20.3 Å². The predicted molar refractivity (Wildman–Crippen MR) is 92.9 cm³/mol. The lowest BCUT2D eigenvalue weighted by atomic mass is 10.1. The summed E-state index contributed by atoms with van der Waals surface area (Å²) in [6, 6.07) is 5.83. The molecule has 1 aromatic carbocycles. The highest BCUT2D eigenvalue weighted by Crippen LogP contribution is 2.33. The van der Waals surface area contributed by atoms with Crippen LogP contribution in [0.1, 0.15) is 41.8 Å². The fourth-order valence-corrected chi connectivity index (χ4v) is 3.79. The van der Waals surface area contributed by atoms with E-state index in [0.717, 1.165) is 18.6 Å². The molecule has 0 saturated carbocycles. The number of aryl methyl sites for hydroxylation is 3. The first kappa shape index (κ1) is 17.0. The van der Waals surface area contributed by atoms with Gasteiger partial charge in [-0.1, -0.05) is 6.07 Å². The van der Waals surface area contributed by atoms with E-state index >= 15 is 0 Å². The summed E-state index contributed by atoms with van der Waals surface area (Å²) in [6.07, 6.45) is 4.00. The van der Waals surface area contributed by atoms with Gasteiger partial charge in [0.15, 0.2) is 6.61 Å². The zero-order valence-electron chi connectivity index (χ0n) is 15.1. The van der Waals surface area contributed by atoms with E-state index in [1.807, 2.05) is 6.07 Å². The van der Waals surface area contributed by atoms with Crippen LogP contribution in [-0.4, -0.2) is 47.4 Å². The molecule has 0 bridgehead atoms. The van der Waals surface area contributed by atoms with Gasteiger partial charge >= 0.3 is 0 Å². The normalized spacial score (nSPS) is 21.8. The fourth-order valence-electron chi connectivity index (χ4n) is 3.79. The average Bonchev–Trinajstić information content (AvgIpc) is 3.37. The van der Waals surface area contributed by atoms with Crippen molar-refractivity contribution in [1.82, 2.24) is 15.1 Å². The van der Waals surface area contributed by atoms with Gasteiger partial charge in [-0.3, -0.25) is 4.79 Å². The van der Waals surface area contributed by atoms with E-state index in [4.69, 9.17) is 13.9 Å². The van der Waals surface area contributed by atoms with Crippen LogP contribution in [0.3, 0.4) is 0 Å². The number of ether oxygens (including phenoxy) is 2. The van der Waals surface area contributed by atoms with Gasteiger partial charge in [0.1, 0.15) is 11.8 Å². The van der Waals surface area contributed by atoms with Crippen molar-refractivity contribution in [2.45, 2.75) is 44.8 Å². The van der Waals surface area contributed by atoms with Gasteiger partial charge in [-0.25, -0.2) is 0 Å². The molecule has 0 N–H and O–H groups in total. The molecular weight excluding hydrogens is 334 g/mol. The van der Waals surface area contributed by atoms with Gasteiger partial charge in [0.2, 0.25) is 11.8 Å². The van der Waals surface area contributed by atoms with Crippen molar-refractivity contribution < 1.29 is 18.7 Å². The maximum Gasteiger partial charge on any atom is 0.261 e. The summed E-state index contributed by atoms with van der Waals surface area (Å²) < 4.78 is 16.7. The lowest BCUT2D eigenvalue weighted by molar-refractivity contribution is -0.135. The SMILES string of the molecule is CO[C@@H]1C[C@H](c2nnc(C)o2)N(C(=O)COc2ccc3c(c2)CCC3)C1. The highest BCUT2D eigenvalue weighted by Gasteiger charge is 2.39. The van der Waals surface area contributed by atoms with Gasteiger partial charge in [-0.15, -0.1) is 10.2 Å². The Morgan fingerprint density at radius 2 is 2.15 bits per heavy atom. The molecule has 1 saturated heterocycles. The van der Waals surface area contributed by atoms with Gasteiger partial charge in [0, 0.05) is 27.0 Å². The summed E-state index contributed by atoms with van der Waals surface area (Å²) in [6.45, 7) is 2.22. The molecule has 1 aliphatic carbocycles. The van der Waals surface area contributed by atoms with Gasteiger partial charge in [-0.2, -0.15) is 0 Å². The summed E-state index contributed by atoms with van der Waals surface area (Å²) in [5, 5.41) is 7.96. The standard InChI is InChI=1S/C19H23N3O4/c1-12-20-21-19(26-12)17-9-16(24-2)10-22(17)18(23)11-25-15-7-6-13-4-3-5-14(13)8-15/h6-8,16-17H,3-5,9-11H2,1-2H3/t16-,17-/m1/s1. The summed E-state index contributed by atoms with van der Waals surface area (Å²) in [4.78, 5) is 14.5. The van der Waals surface area contributed by atoms with Gasteiger partial charge < -0.3 is 18.8 Å². The van der Waals surface area contributed by atoms with E-state index in [0.29, 0.717) is 24.7 Å². The molecule has 1 fully saturated rings. The van der Waals surface area contributed by atoms with Gasteiger partial charge in [-0.05, 0) is 42.5 Å². The molecule has 1 amide bonds. The first-order chi connectivity index (χ1) is 12.6. The third-order valence-electron chi connectivity index (χ3n) is 5.18. The summed E-state index contributed by atoms with van der Waals surface area (Å²) >= 11 is 0. The Hall–Kier alpha value is -2.41. The van der Waals surface area contributed by atoms with E-state index in [2.05, 4.69) is 22.3 Å². The van der Waals surface area contributed by atoms with Crippen LogP contribution in [0.2, 0.25) is 0 Å². The Balaban J connectivity index is 1.43. The molecule has 0 radical (unpaired) electrons. The van der Waals surface area contributed by atoms with E-state index in [-0.39, 0.29) is 24.7 Å². The van der Waals surface area contributed by atoms with Gasteiger partial charge in [0.05, 0.1) is 6.10 Å². The second-order valence-electron chi connectivity index (χ2n) is 6.89. The molecule has 2 aromatic rings. The molecule has 2 aliphatic rings. The van der Waals surface area contributed by atoms with Crippen LogP contribution in [0, 0.1) is 6.92 Å². The van der Waals surface area contributed by atoms with Crippen LogP contribution >= 0.6 is 0 Å². The molecule has 4 rings (SSSR count). The maximum absolute atomic E-state index is 12.8.